The van der Waals surface area contributed by atoms with E-state index in [9.17, 15) is 19.8 Å². The monoisotopic (exact) mass is 701 g/mol. The van der Waals surface area contributed by atoms with Crippen LogP contribution in [-0.2, 0) is 9.53 Å². The minimum absolute atomic E-state index is 0.0320. The van der Waals surface area contributed by atoms with Gasteiger partial charge in [0.15, 0.2) is 0 Å². The number of pyridine rings is 1. The van der Waals surface area contributed by atoms with Crippen molar-refractivity contribution in [2.75, 3.05) is 13.2 Å². The number of hydrogen-bond donors (Lipinski definition) is 4. The van der Waals surface area contributed by atoms with E-state index in [1.54, 1.807) is 48.8 Å². The third kappa shape index (κ3) is 11.3. The van der Waals surface area contributed by atoms with Gasteiger partial charge in [0.25, 0.3) is 5.91 Å². The molecule has 6 rings (SSSR count). The summed E-state index contributed by atoms with van der Waals surface area (Å²) in [6, 6.07) is 17.7. The lowest BCUT2D eigenvalue weighted by atomic mass is 9.82. The molecule has 2 heterocycles. The zero-order valence-corrected chi connectivity index (χ0v) is 28.8. The Kier molecular flexibility index (Phi) is 12.7. The van der Waals surface area contributed by atoms with Crippen molar-refractivity contribution >= 4 is 35.0 Å². The lowest BCUT2D eigenvalue weighted by Crippen LogP contribution is -2.46. The van der Waals surface area contributed by atoms with E-state index in [1.165, 1.54) is 0 Å². The molecule has 3 aromatic rings. The smallest absolute Gasteiger partial charge is 0.251 e. The molecule has 1 saturated heterocycles. The minimum Gasteiger partial charge on any atom is -0.381 e. The van der Waals surface area contributed by atoms with Crippen molar-refractivity contribution in [3.63, 3.8) is 0 Å². The number of ether oxygens (including phenoxy) is 1. The van der Waals surface area contributed by atoms with Crippen LogP contribution in [-0.4, -0.2) is 63.5 Å². The third-order valence-corrected chi connectivity index (χ3v) is 9.38. The molecule has 0 radical (unpaired) electrons. The molecule has 5 atom stereocenters. The first-order valence-corrected chi connectivity index (χ1v) is 17.4. The van der Waals surface area contributed by atoms with Crippen LogP contribution in [0, 0.1) is 29.6 Å². The molecular weight excluding hydrogens is 661 g/mol. The van der Waals surface area contributed by atoms with Gasteiger partial charge in [-0.15, -0.1) is 0 Å². The summed E-state index contributed by atoms with van der Waals surface area (Å²) in [6.07, 6.45) is 9.40. The number of rotatable bonds is 4. The van der Waals surface area contributed by atoms with E-state index >= 15 is 0 Å². The number of carbonyl (C=O) groups is 2. The first-order chi connectivity index (χ1) is 23.6. The third-order valence-electron chi connectivity index (χ3n) is 8.91. The van der Waals surface area contributed by atoms with Crippen LogP contribution < -0.4 is 10.6 Å². The van der Waals surface area contributed by atoms with E-state index in [-0.39, 0.29) is 29.8 Å². The van der Waals surface area contributed by atoms with Gasteiger partial charge in [-0.1, -0.05) is 59.0 Å². The van der Waals surface area contributed by atoms with Crippen LogP contribution in [0.25, 0.3) is 0 Å². The number of benzene rings is 2. The van der Waals surface area contributed by atoms with Crippen molar-refractivity contribution in [2.24, 2.45) is 5.92 Å². The molecule has 0 unspecified atom stereocenters. The van der Waals surface area contributed by atoms with Gasteiger partial charge in [0.2, 0.25) is 5.91 Å². The fraction of sp³-hybridized carbons (Fsp3) is 0.410. The normalized spacial score (nSPS) is 26.0. The van der Waals surface area contributed by atoms with E-state index in [0.717, 1.165) is 43.2 Å². The molecule has 10 heteroatoms. The molecule has 3 fully saturated rings. The number of amides is 2. The average Bonchev–Trinajstić information content (AvgIpc) is 3.63. The lowest BCUT2D eigenvalue weighted by molar-refractivity contribution is -0.126. The van der Waals surface area contributed by atoms with Crippen molar-refractivity contribution < 1.29 is 24.5 Å². The van der Waals surface area contributed by atoms with Gasteiger partial charge in [0, 0.05) is 70.7 Å². The summed E-state index contributed by atoms with van der Waals surface area (Å²) < 4.78 is 5.26. The second-order valence-corrected chi connectivity index (χ2v) is 13.8. The number of aliphatic hydroxyl groups is 2. The van der Waals surface area contributed by atoms with Crippen LogP contribution in [0.3, 0.4) is 0 Å². The Morgan fingerprint density at radius 3 is 1.86 bits per heavy atom. The van der Waals surface area contributed by atoms with Gasteiger partial charge < -0.3 is 25.6 Å². The van der Waals surface area contributed by atoms with Crippen LogP contribution in [0.2, 0.25) is 10.0 Å². The number of carbonyl (C=O) groups excluding carboxylic acids is 2. The summed E-state index contributed by atoms with van der Waals surface area (Å²) in [5.41, 5.74) is -0.0512. The maximum Gasteiger partial charge on any atom is 0.251 e. The first kappa shape index (κ1) is 36.4. The summed E-state index contributed by atoms with van der Waals surface area (Å²) in [5, 5.41) is 28.8. The molecule has 2 aliphatic carbocycles. The van der Waals surface area contributed by atoms with Gasteiger partial charge in [-0.25, -0.2) is 0 Å². The predicted molar refractivity (Wildman–Crippen MR) is 190 cm³/mol. The largest absolute Gasteiger partial charge is 0.381 e. The summed E-state index contributed by atoms with van der Waals surface area (Å²) in [5.74, 6) is 11.8. The van der Waals surface area contributed by atoms with Crippen LogP contribution in [0.15, 0.2) is 73.1 Å². The Bertz CT molecular complexity index is 1730. The molecule has 1 aliphatic heterocycles. The second-order valence-electron chi connectivity index (χ2n) is 12.9. The van der Waals surface area contributed by atoms with Crippen LogP contribution >= 0.6 is 23.2 Å². The molecule has 3 aliphatic rings. The van der Waals surface area contributed by atoms with Gasteiger partial charge in [0.1, 0.15) is 11.2 Å². The maximum absolute atomic E-state index is 12.3. The van der Waals surface area contributed by atoms with Crippen LogP contribution in [0.4, 0.5) is 0 Å². The Morgan fingerprint density at radius 1 is 0.796 bits per heavy atom. The van der Waals surface area contributed by atoms with Gasteiger partial charge in [0.05, 0.1) is 12.5 Å². The van der Waals surface area contributed by atoms with Crippen molar-refractivity contribution in [3.05, 3.63) is 99.8 Å². The SMILES string of the molecule is O=C(N[C@@H]1CCC[C@](O)(C#Cc2cccc(Cl)c2)C1)[C@@H]1CCOC1.O=C(N[C@H]1CCC[C@@](O)(C#Cc2cccc(Cl)c2)C1)c1ccncc1. The van der Waals surface area contributed by atoms with Crippen molar-refractivity contribution in [1.82, 2.24) is 15.6 Å². The van der Waals surface area contributed by atoms with E-state index in [1.807, 2.05) is 24.3 Å². The highest BCUT2D eigenvalue weighted by atomic mass is 35.5. The zero-order chi connectivity index (χ0) is 34.7. The fourth-order valence-corrected chi connectivity index (χ4v) is 6.70. The molecule has 4 N–H and O–H groups in total. The Morgan fingerprint density at radius 2 is 1.35 bits per heavy atom. The predicted octanol–water partition coefficient (Wildman–Crippen LogP) is 5.71. The number of hydrogen-bond acceptors (Lipinski definition) is 6. The minimum atomic E-state index is -1.10. The standard InChI is InChI=1S/C20H19ClN2O2.C19H22ClNO3/c21-17-4-1-3-15(13-17)6-10-20(25)9-2-5-18(14-20)23-19(24)16-7-11-22-12-8-16;20-16-4-1-3-14(11-16)6-9-19(23)8-2-5-17(12-19)21-18(22)15-7-10-24-13-15/h1,3-4,7-8,11-13,18,25H,2,5,9,14H2,(H,23,24);1,3-4,11,15,17,23H,2,5,7-8,10,12-13H2,(H,21,22)/t18-,20+;15-,17-,19+/m01/s1. The van der Waals surface area contributed by atoms with Gasteiger partial charge in [-0.05, 0) is 93.5 Å². The molecule has 2 amide bonds. The fourth-order valence-electron chi connectivity index (χ4n) is 6.32. The molecule has 256 valence electrons. The Balaban J connectivity index is 0.000000191. The summed E-state index contributed by atoms with van der Waals surface area (Å²) in [4.78, 5) is 28.4. The van der Waals surface area contributed by atoms with Gasteiger partial charge in [-0.2, -0.15) is 0 Å². The maximum atomic E-state index is 12.3. The molecule has 0 spiro atoms. The number of nitrogens with zero attached hydrogens (tertiary/aromatic N) is 1. The van der Waals surface area contributed by atoms with E-state index in [0.29, 0.717) is 54.5 Å². The molecular formula is C39H41Cl2N3O5. The Labute approximate surface area is 298 Å². The summed E-state index contributed by atoms with van der Waals surface area (Å²) >= 11 is 11.9. The lowest BCUT2D eigenvalue weighted by Gasteiger charge is -2.33. The number of nitrogens with one attached hydrogen (secondary N) is 2. The number of aromatic nitrogens is 1. The Hall–Kier alpha value is -3.89. The zero-order valence-electron chi connectivity index (χ0n) is 27.3. The van der Waals surface area contributed by atoms with Crippen LogP contribution in [0.1, 0.15) is 79.3 Å². The van der Waals surface area contributed by atoms with Crippen molar-refractivity contribution in [2.45, 2.75) is 81.1 Å². The second kappa shape index (κ2) is 17.2. The first-order valence-electron chi connectivity index (χ1n) is 16.7. The average molecular weight is 703 g/mol. The van der Waals surface area contributed by atoms with E-state index in [2.05, 4.69) is 39.3 Å². The number of halogens is 2. The van der Waals surface area contributed by atoms with E-state index in [4.69, 9.17) is 27.9 Å². The van der Waals surface area contributed by atoms with Gasteiger partial charge in [-0.3, -0.25) is 14.6 Å². The molecule has 49 heavy (non-hydrogen) atoms. The molecule has 1 aromatic heterocycles. The summed E-state index contributed by atoms with van der Waals surface area (Å²) in [6.45, 7) is 1.15. The molecule has 2 saturated carbocycles. The van der Waals surface area contributed by atoms with Crippen molar-refractivity contribution in [1.29, 1.82) is 0 Å². The van der Waals surface area contributed by atoms with E-state index < -0.39 is 11.2 Å². The van der Waals surface area contributed by atoms with Crippen molar-refractivity contribution in [3.8, 4) is 23.7 Å². The van der Waals surface area contributed by atoms with Crippen LogP contribution in [0.5, 0.6) is 0 Å². The highest BCUT2D eigenvalue weighted by Crippen LogP contribution is 2.30. The highest BCUT2D eigenvalue weighted by Gasteiger charge is 2.35. The molecule has 8 nitrogen and oxygen atoms in total. The topological polar surface area (TPSA) is 121 Å². The summed E-state index contributed by atoms with van der Waals surface area (Å²) in [7, 11) is 0. The quantitative estimate of drug-likeness (QED) is 0.259. The highest BCUT2D eigenvalue weighted by molar-refractivity contribution is 6.31. The molecule has 0 bridgehead atoms. The molecule has 2 aromatic carbocycles. The van der Waals surface area contributed by atoms with Gasteiger partial charge >= 0.3 is 0 Å².